The maximum atomic E-state index is 13.5. The molecule has 0 saturated carbocycles. The van der Waals surface area contributed by atoms with Gasteiger partial charge in [-0.1, -0.05) is 60.7 Å². The number of nitrogens with one attached hydrogen (secondary N) is 2. The first kappa shape index (κ1) is 26.6. The summed E-state index contributed by atoms with van der Waals surface area (Å²) in [5.41, 5.74) is 7.67. The number of aromatic nitrogens is 2. The van der Waals surface area contributed by atoms with E-state index in [9.17, 15) is 22.8 Å². The summed E-state index contributed by atoms with van der Waals surface area (Å²) in [4.78, 5) is 24.9. The van der Waals surface area contributed by atoms with Gasteiger partial charge >= 0.3 is 6.18 Å². The second-order valence-corrected chi connectivity index (χ2v) is 8.75. The number of carbonyl (C=O) groups excluding carboxylic acids is 2. The molecule has 0 unspecified atom stereocenters. The van der Waals surface area contributed by atoms with Crippen LogP contribution in [-0.4, -0.2) is 27.6 Å². The number of hydrogen-bond acceptors (Lipinski definition) is 4. The quantitative estimate of drug-likeness (QED) is 0.319. The molecule has 0 spiro atoms. The molecule has 4 rings (SSSR count). The number of carbonyl (C=O) groups is 2. The topological polar surface area (TPSA) is 102 Å². The third-order valence-electron chi connectivity index (χ3n) is 5.76. The number of nitrogens with two attached hydrogens (primary N) is 1. The Kier molecular flexibility index (Phi) is 7.92. The monoisotopic (exact) mass is 521 g/mol. The SMILES string of the molecule is C[C@H](N)C(=O)NCc1cccc(-n2nc(C(F)(F)F)cc2C(=O)NCc2cccc(-c3ccccc3)c2)c1. The summed E-state index contributed by atoms with van der Waals surface area (Å²) < 4.78 is 41.5. The van der Waals surface area contributed by atoms with Crippen molar-refractivity contribution in [2.75, 3.05) is 0 Å². The highest BCUT2D eigenvalue weighted by atomic mass is 19.4. The van der Waals surface area contributed by atoms with E-state index in [-0.39, 0.29) is 30.4 Å². The first-order chi connectivity index (χ1) is 18.1. The highest BCUT2D eigenvalue weighted by Crippen LogP contribution is 2.30. The van der Waals surface area contributed by atoms with Crippen molar-refractivity contribution in [3.05, 3.63) is 107 Å². The van der Waals surface area contributed by atoms with Crippen molar-refractivity contribution >= 4 is 11.8 Å². The highest BCUT2D eigenvalue weighted by molar-refractivity contribution is 5.93. The summed E-state index contributed by atoms with van der Waals surface area (Å²) in [6.07, 6.45) is -4.74. The average molecular weight is 522 g/mol. The van der Waals surface area contributed by atoms with Crippen LogP contribution in [0.25, 0.3) is 16.8 Å². The summed E-state index contributed by atoms with van der Waals surface area (Å²) in [5.74, 6) is -1.08. The van der Waals surface area contributed by atoms with E-state index in [1.165, 1.54) is 13.0 Å². The molecule has 1 heterocycles. The fraction of sp³-hybridized carbons (Fsp3) is 0.179. The van der Waals surface area contributed by atoms with Crippen LogP contribution in [0.4, 0.5) is 13.2 Å². The second kappa shape index (κ2) is 11.3. The highest BCUT2D eigenvalue weighted by Gasteiger charge is 2.36. The van der Waals surface area contributed by atoms with E-state index in [1.54, 1.807) is 18.2 Å². The van der Waals surface area contributed by atoms with Crippen molar-refractivity contribution in [1.29, 1.82) is 0 Å². The number of benzene rings is 3. The summed E-state index contributed by atoms with van der Waals surface area (Å²) >= 11 is 0. The van der Waals surface area contributed by atoms with Crippen LogP contribution in [0.1, 0.15) is 34.2 Å². The van der Waals surface area contributed by atoms with E-state index in [0.29, 0.717) is 5.56 Å². The lowest BCUT2D eigenvalue weighted by Crippen LogP contribution is -2.37. The maximum Gasteiger partial charge on any atom is 0.435 e. The zero-order valence-corrected chi connectivity index (χ0v) is 20.5. The van der Waals surface area contributed by atoms with Gasteiger partial charge in [-0.05, 0) is 47.4 Å². The van der Waals surface area contributed by atoms with Crippen LogP contribution in [0.15, 0.2) is 84.9 Å². The lowest BCUT2D eigenvalue weighted by Gasteiger charge is -2.12. The smallest absolute Gasteiger partial charge is 0.351 e. The van der Waals surface area contributed by atoms with Crippen molar-refractivity contribution in [2.45, 2.75) is 32.2 Å². The fourth-order valence-corrected chi connectivity index (χ4v) is 3.79. The van der Waals surface area contributed by atoms with E-state index in [4.69, 9.17) is 5.73 Å². The lowest BCUT2D eigenvalue weighted by molar-refractivity contribution is -0.141. The average Bonchev–Trinajstić information content (AvgIpc) is 3.38. The summed E-state index contributed by atoms with van der Waals surface area (Å²) in [7, 11) is 0. The minimum absolute atomic E-state index is 0.107. The number of halogens is 3. The van der Waals surface area contributed by atoms with E-state index in [0.717, 1.165) is 27.4 Å². The van der Waals surface area contributed by atoms with E-state index in [1.807, 2.05) is 54.6 Å². The van der Waals surface area contributed by atoms with Gasteiger partial charge in [0.2, 0.25) is 5.91 Å². The van der Waals surface area contributed by atoms with Gasteiger partial charge in [0.15, 0.2) is 5.69 Å². The standard InChI is InChI=1S/C28H26F3N5O2/c1-18(32)26(37)33-17-20-8-6-12-23(14-20)36-24(15-25(35-36)28(29,30)31)27(38)34-16-19-7-5-11-22(13-19)21-9-3-2-4-10-21/h2-15,18H,16-17,32H2,1H3,(H,33,37)(H,34,38)/t18-/m0/s1. The Morgan fingerprint density at radius 3 is 2.18 bits per heavy atom. The molecule has 0 fully saturated rings. The minimum Gasteiger partial charge on any atom is -0.351 e. The van der Waals surface area contributed by atoms with Crippen LogP contribution in [0.5, 0.6) is 0 Å². The summed E-state index contributed by atoms with van der Waals surface area (Å²) in [6.45, 7) is 1.76. The van der Waals surface area contributed by atoms with Gasteiger partial charge in [0.1, 0.15) is 5.69 Å². The molecule has 4 aromatic rings. The predicted octanol–water partition coefficient (Wildman–Crippen LogP) is 4.45. The van der Waals surface area contributed by atoms with Gasteiger partial charge in [0, 0.05) is 19.2 Å². The molecule has 0 bridgehead atoms. The normalized spacial score (nSPS) is 12.1. The number of nitrogens with zero attached hydrogens (tertiary/aromatic N) is 2. The van der Waals surface area contributed by atoms with Crippen LogP contribution < -0.4 is 16.4 Å². The lowest BCUT2D eigenvalue weighted by atomic mass is 10.0. The summed E-state index contributed by atoms with van der Waals surface area (Å²) in [6, 6.07) is 23.6. The van der Waals surface area contributed by atoms with E-state index >= 15 is 0 Å². The predicted molar refractivity (Wildman–Crippen MR) is 137 cm³/mol. The Balaban J connectivity index is 1.57. The third kappa shape index (κ3) is 6.46. The Morgan fingerprint density at radius 1 is 0.868 bits per heavy atom. The van der Waals surface area contributed by atoms with Gasteiger partial charge in [-0.2, -0.15) is 18.3 Å². The van der Waals surface area contributed by atoms with Crippen molar-refractivity contribution in [3.8, 4) is 16.8 Å². The molecule has 4 N–H and O–H groups in total. The van der Waals surface area contributed by atoms with Gasteiger partial charge < -0.3 is 16.4 Å². The maximum absolute atomic E-state index is 13.5. The Morgan fingerprint density at radius 2 is 1.50 bits per heavy atom. The van der Waals surface area contributed by atoms with Gasteiger partial charge in [0.05, 0.1) is 11.7 Å². The van der Waals surface area contributed by atoms with Gasteiger partial charge in [0.25, 0.3) is 5.91 Å². The molecular formula is C28H26F3N5O2. The Hall–Kier alpha value is -4.44. The largest absolute Gasteiger partial charge is 0.435 e. The minimum atomic E-state index is -4.74. The number of amides is 2. The molecule has 38 heavy (non-hydrogen) atoms. The van der Waals surface area contributed by atoms with Crippen molar-refractivity contribution in [2.24, 2.45) is 5.73 Å². The Labute approximate surface area is 217 Å². The molecule has 0 aliphatic rings. The molecule has 0 saturated heterocycles. The molecule has 2 amide bonds. The number of hydrogen-bond donors (Lipinski definition) is 3. The van der Waals surface area contributed by atoms with Crippen LogP contribution in [0.3, 0.4) is 0 Å². The second-order valence-electron chi connectivity index (χ2n) is 8.75. The third-order valence-corrected chi connectivity index (χ3v) is 5.76. The van der Waals surface area contributed by atoms with Gasteiger partial charge in [-0.15, -0.1) is 0 Å². The van der Waals surface area contributed by atoms with Crippen LogP contribution in [0.2, 0.25) is 0 Å². The van der Waals surface area contributed by atoms with Gasteiger partial charge in [-0.25, -0.2) is 4.68 Å². The van der Waals surface area contributed by atoms with Crippen LogP contribution >= 0.6 is 0 Å². The number of alkyl halides is 3. The first-order valence-electron chi connectivity index (χ1n) is 11.8. The van der Waals surface area contributed by atoms with Crippen molar-refractivity contribution in [1.82, 2.24) is 20.4 Å². The Bertz CT molecular complexity index is 1430. The van der Waals surface area contributed by atoms with Crippen molar-refractivity contribution in [3.63, 3.8) is 0 Å². The van der Waals surface area contributed by atoms with Gasteiger partial charge in [-0.3, -0.25) is 9.59 Å². The molecule has 196 valence electrons. The van der Waals surface area contributed by atoms with Crippen LogP contribution in [-0.2, 0) is 24.1 Å². The molecular weight excluding hydrogens is 495 g/mol. The van der Waals surface area contributed by atoms with Crippen molar-refractivity contribution < 1.29 is 22.8 Å². The summed E-state index contributed by atoms with van der Waals surface area (Å²) in [5, 5.41) is 9.01. The fourth-order valence-electron chi connectivity index (χ4n) is 3.79. The van der Waals surface area contributed by atoms with Crippen LogP contribution in [0, 0.1) is 0 Å². The molecule has 0 aliphatic carbocycles. The van der Waals surface area contributed by atoms with E-state index in [2.05, 4.69) is 15.7 Å². The molecule has 0 aliphatic heterocycles. The molecule has 10 heteroatoms. The van der Waals surface area contributed by atoms with E-state index < -0.39 is 23.8 Å². The zero-order chi connectivity index (χ0) is 27.3. The molecule has 0 radical (unpaired) electrons. The number of rotatable bonds is 8. The molecule has 3 aromatic carbocycles. The molecule has 1 aromatic heterocycles. The molecule has 7 nitrogen and oxygen atoms in total. The zero-order valence-electron chi connectivity index (χ0n) is 20.5. The molecule has 1 atom stereocenters. The first-order valence-corrected chi connectivity index (χ1v) is 11.8.